The Kier molecular flexibility index (Phi) is 3.28. The van der Waals surface area contributed by atoms with Crippen LogP contribution >= 0.6 is 0 Å². The van der Waals surface area contributed by atoms with Gasteiger partial charge >= 0.3 is 0 Å². The summed E-state index contributed by atoms with van der Waals surface area (Å²) in [6, 6.07) is 0. The second kappa shape index (κ2) is 4.14. The van der Waals surface area contributed by atoms with E-state index in [1.54, 1.807) is 20.8 Å². The van der Waals surface area contributed by atoms with Crippen molar-refractivity contribution in [3.8, 4) is 0 Å². The van der Waals surface area contributed by atoms with E-state index in [-0.39, 0.29) is 22.9 Å². The molecule has 1 aromatic rings. The number of rotatable bonds is 3. The van der Waals surface area contributed by atoms with Crippen LogP contribution in [0.4, 0.5) is 0 Å². The first-order chi connectivity index (χ1) is 6.85. The van der Waals surface area contributed by atoms with Gasteiger partial charge in [0.15, 0.2) is 9.84 Å². The van der Waals surface area contributed by atoms with Crippen LogP contribution in [0.15, 0.2) is 4.79 Å². The van der Waals surface area contributed by atoms with Gasteiger partial charge in [-0.2, -0.15) is 0 Å². The molecule has 0 saturated heterocycles. The molecule has 0 fully saturated rings. The minimum absolute atomic E-state index is 0.0453. The first-order valence-corrected chi connectivity index (χ1v) is 6.44. The molecule has 0 spiro atoms. The Hall–Kier alpha value is -1.17. The zero-order valence-electron chi connectivity index (χ0n) is 8.99. The van der Waals surface area contributed by atoms with Crippen LogP contribution < -0.4 is 5.56 Å². The van der Waals surface area contributed by atoms with Crippen molar-refractivity contribution in [3.05, 3.63) is 27.4 Å². The van der Waals surface area contributed by atoms with Gasteiger partial charge in [-0.3, -0.25) is 4.79 Å². The Morgan fingerprint density at radius 1 is 1.33 bits per heavy atom. The third-order valence-corrected chi connectivity index (χ3v) is 3.83. The molecule has 84 valence electrons. The lowest BCUT2D eigenvalue weighted by Crippen LogP contribution is -2.19. The molecule has 0 saturated carbocycles. The van der Waals surface area contributed by atoms with Crippen LogP contribution in [-0.2, 0) is 15.6 Å². The normalized spacial score (nSPS) is 11.7. The van der Waals surface area contributed by atoms with Crippen LogP contribution in [0.3, 0.4) is 0 Å². The smallest absolute Gasteiger partial charge is 0.254 e. The lowest BCUT2D eigenvalue weighted by molar-refractivity contribution is 0.594. The third kappa shape index (κ3) is 2.89. The van der Waals surface area contributed by atoms with Crippen molar-refractivity contribution in [1.29, 1.82) is 0 Å². The third-order valence-electron chi connectivity index (χ3n) is 2.24. The number of nitrogens with one attached hydrogen (secondary N) is 1. The zero-order chi connectivity index (χ0) is 11.6. The molecule has 0 aromatic carbocycles. The second-order valence-electron chi connectivity index (χ2n) is 3.40. The monoisotopic (exact) mass is 230 g/mol. The lowest BCUT2D eigenvalue weighted by atomic mass is 10.3. The number of hydrogen-bond donors (Lipinski definition) is 1. The summed E-state index contributed by atoms with van der Waals surface area (Å²) in [5.41, 5.74) is 0.816. The van der Waals surface area contributed by atoms with E-state index >= 15 is 0 Å². The maximum absolute atomic E-state index is 11.3. The van der Waals surface area contributed by atoms with Crippen LogP contribution in [0.25, 0.3) is 0 Å². The van der Waals surface area contributed by atoms with E-state index in [0.29, 0.717) is 11.3 Å². The molecule has 1 N–H and O–H groups in total. The molecule has 0 aliphatic heterocycles. The molecule has 5 nitrogen and oxygen atoms in total. The van der Waals surface area contributed by atoms with E-state index in [4.69, 9.17) is 0 Å². The minimum Gasteiger partial charge on any atom is -0.309 e. The molecule has 0 aliphatic rings. The molecule has 0 aliphatic carbocycles. The average Bonchev–Trinajstić information content (AvgIpc) is 2.13. The molecule has 1 rings (SSSR count). The number of aryl methyl sites for hydroxylation is 1. The quantitative estimate of drug-likeness (QED) is 0.811. The summed E-state index contributed by atoms with van der Waals surface area (Å²) in [5, 5.41) is 0. The largest absolute Gasteiger partial charge is 0.309 e. The van der Waals surface area contributed by atoms with Crippen LogP contribution in [0.5, 0.6) is 0 Å². The predicted molar refractivity (Wildman–Crippen MR) is 57.5 cm³/mol. The Morgan fingerprint density at radius 2 is 1.93 bits per heavy atom. The van der Waals surface area contributed by atoms with E-state index in [0.717, 1.165) is 0 Å². The summed E-state index contributed by atoms with van der Waals surface area (Å²) in [7, 11) is -3.15. The first kappa shape index (κ1) is 11.9. The van der Waals surface area contributed by atoms with E-state index in [1.165, 1.54) is 0 Å². The summed E-state index contributed by atoms with van der Waals surface area (Å²) in [6.45, 7) is 4.90. The van der Waals surface area contributed by atoms with Crippen molar-refractivity contribution in [2.75, 3.05) is 5.75 Å². The van der Waals surface area contributed by atoms with Gasteiger partial charge in [0.1, 0.15) is 11.6 Å². The lowest BCUT2D eigenvalue weighted by Gasteiger charge is -2.03. The number of aromatic amines is 1. The Morgan fingerprint density at radius 3 is 2.40 bits per heavy atom. The van der Waals surface area contributed by atoms with E-state index in [1.807, 2.05) is 0 Å². The van der Waals surface area contributed by atoms with Crippen molar-refractivity contribution in [2.45, 2.75) is 26.5 Å². The van der Waals surface area contributed by atoms with Gasteiger partial charge in [-0.25, -0.2) is 13.4 Å². The summed E-state index contributed by atoms with van der Waals surface area (Å²) >= 11 is 0. The van der Waals surface area contributed by atoms with Crippen LogP contribution in [0.2, 0.25) is 0 Å². The number of nitrogens with zero attached hydrogens (tertiary/aromatic N) is 1. The fourth-order valence-electron chi connectivity index (χ4n) is 1.08. The molecule has 0 atom stereocenters. The molecular weight excluding hydrogens is 216 g/mol. The predicted octanol–water partition coefficient (Wildman–Crippen LogP) is 0.321. The van der Waals surface area contributed by atoms with Crippen LogP contribution in [0.1, 0.15) is 24.0 Å². The summed E-state index contributed by atoms with van der Waals surface area (Å²) in [6.07, 6.45) is 0. The summed E-state index contributed by atoms with van der Waals surface area (Å²) < 4.78 is 22.6. The van der Waals surface area contributed by atoms with Crippen LogP contribution in [0, 0.1) is 13.8 Å². The standard InChI is InChI=1S/C9H14N2O3S/c1-4-15(13,14)5-8-10-7(3)6(2)9(12)11-8/h4-5H2,1-3H3,(H,10,11,12). The summed E-state index contributed by atoms with van der Waals surface area (Å²) in [4.78, 5) is 17.8. The molecule has 0 unspecified atom stereocenters. The number of aromatic nitrogens is 2. The highest BCUT2D eigenvalue weighted by atomic mass is 32.2. The van der Waals surface area contributed by atoms with Gasteiger partial charge in [0, 0.05) is 17.0 Å². The molecule has 15 heavy (non-hydrogen) atoms. The van der Waals surface area contributed by atoms with Crippen LogP contribution in [-0.4, -0.2) is 24.1 Å². The van der Waals surface area contributed by atoms with Crippen molar-refractivity contribution >= 4 is 9.84 Å². The summed E-state index contributed by atoms with van der Waals surface area (Å²) in [5.74, 6) is 0.0497. The Bertz CT molecular complexity index is 517. The van der Waals surface area contributed by atoms with E-state index < -0.39 is 9.84 Å². The maximum Gasteiger partial charge on any atom is 0.254 e. The van der Waals surface area contributed by atoms with E-state index in [2.05, 4.69) is 9.97 Å². The highest BCUT2D eigenvalue weighted by Crippen LogP contribution is 2.02. The minimum atomic E-state index is -3.15. The van der Waals surface area contributed by atoms with Gasteiger partial charge in [0.05, 0.1) is 0 Å². The molecular formula is C9H14N2O3S. The molecule has 6 heteroatoms. The fraction of sp³-hybridized carbons (Fsp3) is 0.556. The highest BCUT2D eigenvalue weighted by molar-refractivity contribution is 7.90. The van der Waals surface area contributed by atoms with Gasteiger partial charge in [-0.15, -0.1) is 0 Å². The first-order valence-electron chi connectivity index (χ1n) is 4.62. The van der Waals surface area contributed by atoms with Crippen molar-refractivity contribution in [2.24, 2.45) is 0 Å². The van der Waals surface area contributed by atoms with Gasteiger partial charge in [0.2, 0.25) is 0 Å². The van der Waals surface area contributed by atoms with Gasteiger partial charge in [-0.05, 0) is 13.8 Å². The van der Waals surface area contributed by atoms with Crippen molar-refractivity contribution in [1.82, 2.24) is 9.97 Å². The van der Waals surface area contributed by atoms with Crippen molar-refractivity contribution in [3.63, 3.8) is 0 Å². The SMILES string of the molecule is CCS(=O)(=O)Cc1nc(C)c(C)c(=O)[nH]1. The second-order valence-corrected chi connectivity index (χ2v) is 5.75. The molecule has 1 heterocycles. The number of hydrogen-bond acceptors (Lipinski definition) is 4. The molecule has 0 radical (unpaired) electrons. The van der Waals surface area contributed by atoms with E-state index in [9.17, 15) is 13.2 Å². The van der Waals surface area contributed by atoms with Gasteiger partial charge in [-0.1, -0.05) is 6.92 Å². The molecule has 0 amide bonds. The Balaban J connectivity index is 3.14. The number of H-pyrrole nitrogens is 1. The highest BCUT2D eigenvalue weighted by Gasteiger charge is 2.12. The fourth-order valence-corrected chi connectivity index (χ4v) is 1.84. The maximum atomic E-state index is 11.3. The number of sulfone groups is 1. The average molecular weight is 230 g/mol. The topological polar surface area (TPSA) is 79.9 Å². The van der Waals surface area contributed by atoms with Gasteiger partial charge in [0.25, 0.3) is 5.56 Å². The molecule has 0 bridgehead atoms. The molecule has 1 aromatic heterocycles. The Labute approximate surface area is 88.5 Å². The van der Waals surface area contributed by atoms with Crippen molar-refractivity contribution < 1.29 is 8.42 Å². The van der Waals surface area contributed by atoms with Gasteiger partial charge < -0.3 is 4.98 Å². The zero-order valence-corrected chi connectivity index (χ0v) is 9.81.